The number of amides is 2. The van der Waals surface area contributed by atoms with E-state index in [1.165, 1.54) is 12.1 Å². The fourth-order valence-electron chi connectivity index (χ4n) is 3.09. The molecule has 3 rings (SSSR count). The number of carbonyl (C=O) groups is 2. The van der Waals surface area contributed by atoms with E-state index in [9.17, 15) is 14.0 Å². The van der Waals surface area contributed by atoms with Gasteiger partial charge in [-0.2, -0.15) is 0 Å². The van der Waals surface area contributed by atoms with Gasteiger partial charge in [0.25, 0.3) is 0 Å². The first-order valence-electron chi connectivity index (χ1n) is 11.0. The summed E-state index contributed by atoms with van der Waals surface area (Å²) in [5.74, 6) is -0.482. The SMILES string of the molecule is O=C(COCc1ccc(F)cc1)NCCCc1ccc(CNC(=O)OCc2cccnc2)cc1. The minimum absolute atomic E-state index is 0.0380. The molecular weight excluding hydrogens is 437 g/mol. The number of nitrogens with zero attached hydrogens (tertiary/aromatic N) is 1. The molecule has 0 aliphatic rings. The van der Waals surface area contributed by atoms with Crippen LogP contribution in [0, 0.1) is 5.82 Å². The van der Waals surface area contributed by atoms with Crippen molar-refractivity contribution in [2.24, 2.45) is 0 Å². The van der Waals surface area contributed by atoms with Crippen molar-refractivity contribution in [1.29, 1.82) is 0 Å². The van der Waals surface area contributed by atoms with Crippen LogP contribution in [0.3, 0.4) is 0 Å². The lowest BCUT2D eigenvalue weighted by Gasteiger charge is -2.08. The van der Waals surface area contributed by atoms with Gasteiger partial charge in [0, 0.05) is 31.0 Å². The molecule has 2 N–H and O–H groups in total. The van der Waals surface area contributed by atoms with E-state index in [-0.39, 0.29) is 31.5 Å². The highest BCUT2D eigenvalue weighted by molar-refractivity contribution is 5.77. The van der Waals surface area contributed by atoms with Crippen molar-refractivity contribution < 1.29 is 23.5 Å². The van der Waals surface area contributed by atoms with Crippen molar-refractivity contribution >= 4 is 12.0 Å². The number of pyridine rings is 1. The first kappa shape index (κ1) is 24.9. The average molecular weight is 466 g/mol. The Morgan fingerprint density at radius 3 is 2.32 bits per heavy atom. The summed E-state index contributed by atoms with van der Waals surface area (Å²) in [4.78, 5) is 27.7. The molecule has 0 aliphatic carbocycles. The molecule has 2 amide bonds. The first-order chi connectivity index (χ1) is 16.6. The zero-order chi connectivity index (χ0) is 24.0. The molecule has 0 fully saturated rings. The van der Waals surface area contributed by atoms with E-state index in [4.69, 9.17) is 9.47 Å². The zero-order valence-electron chi connectivity index (χ0n) is 18.8. The number of hydrogen-bond acceptors (Lipinski definition) is 5. The number of halogens is 1. The number of alkyl carbamates (subject to hydrolysis) is 1. The second-order valence-corrected chi connectivity index (χ2v) is 7.68. The fraction of sp³-hybridized carbons (Fsp3) is 0.269. The number of aryl methyl sites for hydroxylation is 1. The maximum Gasteiger partial charge on any atom is 0.407 e. The summed E-state index contributed by atoms with van der Waals surface area (Å²) in [5, 5.41) is 5.55. The molecule has 0 atom stereocenters. The second-order valence-electron chi connectivity index (χ2n) is 7.68. The Hall–Kier alpha value is -3.78. The molecule has 0 aliphatic heterocycles. The molecule has 3 aromatic rings. The predicted molar refractivity (Wildman–Crippen MR) is 125 cm³/mol. The topological polar surface area (TPSA) is 89.6 Å². The average Bonchev–Trinajstić information content (AvgIpc) is 2.86. The van der Waals surface area contributed by atoms with Gasteiger partial charge in [-0.05, 0) is 47.7 Å². The van der Waals surface area contributed by atoms with E-state index in [1.807, 2.05) is 30.3 Å². The summed E-state index contributed by atoms with van der Waals surface area (Å²) in [6.45, 7) is 1.32. The number of aromatic nitrogens is 1. The molecular formula is C26H28FN3O4. The van der Waals surface area contributed by atoms with Gasteiger partial charge in [0.15, 0.2) is 0 Å². The fourth-order valence-corrected chi connectivity index (χ4v) is 3.09. The van der Waals surface area contributed by atoms with Gasteiger partial charge >= 0.3 is 6.09 Å². The van der Waals surface area contributed by atoms with Crippen molar-refractivity contribution in [3.05, 3.63) is 101 Å². The van der Waals surface area contributed by atoms with Crippen LogP contribution in [0.25, 0.3) is 0 Å². The van der Waals surface area contributed by atoms with E-state index in [0.29, 0.717) is 13.1 Å². The van der Waals surface area contributed by atoms with Gasteiger partial charge in [-0.1, -0.05) is 42.5 Å². The highest BCUT2D eigenvalue weighted by Gasteiger charge is 2.04. The third-order valence-electron chi connectivity index (χ3n) is 4.93. The zero-order valence-corrected chi connectivity index (χ0v) is 18.8. The van der Waals surface area contributed by atoms with Crippen LogP contribution >= 0.6 is 0 Å². The molecule has 7 nitrogen and oxygen atoms in total. The number of rotatable bonds is 12. The van der Waals surface area contributed by atoms with Crippen LogP contribution in [0.15, 0.2) is 73.1 Å². The lowest BCUT2D eigenvalue weighted by Crippen LogP contribution is -2.28. The minimum atomic E-state index is -0.481. The summed E-state index contributed by atoms with van der Waals surface area (Å²) in [6.07, 6.45) is 4.45. The third kappa shape index (κ3) is 9.38. The Balaban J connectivity index is 1.24. The van der Waals surface area contributed by atoms with Gasteiger partial charge in [0.05, 0.1) is 6.61 Å². The maximum atomic E-state index is 12.9. The van der Waals surface area contributed by atoms with Crippen LogP contribution < -0.4 is 10.6 Å². The quantitative estimate of drug-likeness (QED) is 0.396. The highest BCUT2D eigenvalue weighted by atomic mass is 19.1. The Morgan fingerprint density at radius 1 is 0.853 bits per heavy atom. The van der Waals surface area contributed by atoms with Gasteiger partial charge in [-0.3, -0.25) is 9.78 Å². The summed E-state index contributed by atoms with van der Waals surface area (Å²) in [6, 6.07) is 17.5. The van der Waals surface area contributed by atoms with Crippen LogP contribution in [0.5, 0.6) is 0 Å². The summed E-state index contributed by atoms with van der Waals surface area (Å²) in [7, 11) is 0. The number of carbonyl (C=O) groups excluding carboxylic acids is 2. The van der Waals surface area contributed by atoms with E-state index in [0.717, 1.165) is 35.1 Å². The van der Waals surface area contributed by atoms with E-state index >= 15 is 0 Å². The number of benzene rings is 2. The standard InChI is InChI=1S/C26H28FN3O4/c27-24-11-9-22(10-12-24)17-33-19-25(31)29-14-2-3-20-5-7-21(8-6-20)16-30-26(32)34-18-23-4-1-13-28-15-23/h1,4-13,15H,2-3,14,16-19H2,(H,29,31)(H,30,32). The third-order valence-corrected chi connectivity index (χ3v) is 4.93. The molecule has 2 aromatic carbocycles. The summed E-state index contributed by atoms with van der Waals surface area (Å²) >= 11 is 0. The molecule has 178 valence electrons. The van der Waals surface area contributed by atoms with Crippen molar-refractivity contribution in [1.82, 2.24) is 15.6 Å². The maximum absolute atomic E-state index is 12.9. The Morgan fingerprint density at radius 2 is 1.59 bits per heavy atom. The number of nitrogens with one attached hydrogen (secondary N) is 2. The van der Waals surface area contributed by atoms with Crippen LogP contribution in [0.4, 0.5) is 9.18 Å². The van der Waals surface area contributed by atoms with Crippen molar-refractivity contribution in [3.8, 4) is 0 Å². The number of hydrogen-bond donors (Lipinski definition) is 2. The molecule has 0 bridgehead atoms. The number of ether oxygens (including phenoxy) is 2. The molecule has 0 radical (unpaired) electrons. The van der Waals surface area contributed by atoms with E-state index in [1.54, 1.807) is 30.6 Å². The molecule has 0 saturated carbocycles. The predicted octanol–water partition coefficient (Wildman–Crippen LogP) is 3.91. The van der Waals surface area contributed by atoms with Crippen LogP contribution in [0.1, 0.15) is 28.7 Å². The molecule has 0 unspecified atom stereocenters. The van der Waals surface area contributed by atoms with Crippen molar-refractivity contribution in [3.63, 3.8) is 0 Å². The minimum Gasteiger partial charge on any atom is -0.445 e. The van der Waals surface area contributed by atoms with E-state index in [2.05, 4.69) is 15.6 Å². The molecule has 8 heteroatoms. The van der Waals surface area contributed by atoms with Crippen molar-refractivity contribution in [2.45, 2.75) is 32.6 Å². The first-order valence-corrected chi connectivity index (χ1v) is 11.0. The Bertz CT molecular complexity index is 1030. The molecule has 0 saturated heterocycles. The molecule has 1 aromatic heterocycles. The molecule has 34 heavy (non-hydrogen) atoms. The van der Waals surface area contributed by atoms with Gasteiger partial charge in [-0.15, -0.1) is 0 Å². The normalized spacial score (nSPS) is 10.5. The van der Waals surface area contributed by atoms with Crippen LogP contribution in [0.2, 0.25) is 0 Å². The lowest BCUT2D eigenvalue weighted by atomic mass is 10.1. The van der Waals surface area contributed by atoms with Gasteiger partial charge < -0.3 is 20.1 Å². The van der Waals surface area contributed by atoms with Gasteiger partial charge in [-0.25, -0.2) is 9.18 Å². The van der Waals surface area contributed by atoms with E-state index < -0.39 is 6.09 Å². The molecule has 0 spiro atoms. The summed E-state index contributed by atoms with van der Waals surface area (Å²) in [5.41, 5.74) is 3.75. The van der Waals surface area contributed by atoms with Crippen molar-refractivity contribution in [2.75, 3.05) is 13.2 Å². The lowest BCUT2D eigenvalue weighted by molar-refractivity contribution is -0.126. The summed E-state index contributed by atoms with van der Waals surface area (Å²) < 4.78 is 23.4. The smallest absolute Gasteiger partial charge is 0.407 e. The Kier molecular flexibility index (Phi) is 10.0. The van der Waals surface area contributed by atoms with Crippen LogP contribution in [-0.2, 0) is 40.4 Å². The monoisotopic (exact) mass is 465 g/mol. The van der Waals surface area contributed by atoms with Gasteiger partial charge in [0.1, 0.15) is 19.0 Å². The van der Waals surface area contributed by atoms with Gasteiger partial charge in [0.2, 0.25) is 5.91 Å². The molecule has 1 heterocycles. The second kappa shape index (κ2) is 13.7. The Labute approximate surface area is 198 Å². The largest absolute Gasteiger partial charge is 0.445 e. The highest BCUT2D eigenvalue weighted by Crippen LogP contribution is 2.07. The van der Waals surface area contributed by atoms with Crippen LogP contribution in [-0.4, -0.2) is 30.1 Å².